The van der Waals surface area contributed by atoms with Crippen LogP contribution in [0.2, 0.25) is 0 Å². The van der Waals surface area contributed by atoms with E-state index >= 15 is 0 Å². The highest BCUT2D eigenvalue weighted by molar-refractivity contribution is 14.0. The zero-order valence-electron chi connectivity index (χ0n) is 13.3. The third kappa shape index (κ3) is 13.2. The van der Waals surface area contributed by atoms with E-state index in [0.717, 1.165) is 25.3 Å². The van der Waals surface area contributed by atoms with Crippen LogP contribution in [-0.2, 0) is 0 Å². The molecule has 4 nitrogen and oxygen atoms in total. The number of hydrogen-bond donors (Lipinski definition) is 1. The van der Waals surface area contributed by atoms with E-state index in [2.05, 4.69) is 17.2 Å². The lowest BCUT2D eigenvalue weighted by Gasteiger charge is -2.23. The number of unbranched alkanes of at least 4 members (excludes halogenated alkanes) is 1. The van der Waals surface area contributed by atoms with Crippen LogP contribution in [0.25, 0.3) is 0 Å². The number of alkyl halides is 3. The Bertz CT molecular complexity index is 285. The van der Waals surface area contributed by atoms with Crippen molar-refractivity contribution in [3.63, 3.8) is 0 Å². The van der Waals surface area contributed by atoms with Crippen molar-refractivity contribution in [2.24, 2.45) is 4.99 Å². The van der Waals surface area contributed by atoms with Crippen molar-refractivity contribution in [1.82, 2.24) is 15.1 Å². The van der Waals surface area contributed by atoms with E-state index in [-0.39, 0.29) is 24.0 Å². The van der Waals surface area contributed by atoms with Gasteiger partial charge in [0.15, 0.2) is 5.96 Å². The molecule has 0 amide bonds. The lowest BCUT2D eigenvalue weighted by atomic mass is 10.3. The lowest BCUT2D eigenvalue weighted by molar-refractivity contribution is -0.143. The van der Waals surface area contributed by atoms with Crippen LogP contribution < -0.4 is 5.32 Å². The van der Waals surface area contributed by atoms with Gasteiger partial charge < -0.3 is 10.2 Å². The Morgan fingerprint density at radius 1 is 1.14 bits per heavy atom. The molecule has 0 bridgehead atoms. The van der Waals surface area contributed by atoms with Crippen molar-refractivity contribution in [3.05, 3.63) is 0 Å². The largest absolute Gasteiger partial charge is 0.401 e. The van der Waals surface area contributed by atoms with Gasteiger partial charge in [-0.3, -0.25) is 9.89 Å². The molecule has 1 N–H and O–H groups in total. The first-order chi connectivity index (χ1) is 9.30. The van der Waals surface area contributed by atoms with Gasteiger partial charge in [0.1, 0.15) is 0 Å². The van der Waals surface area contributed by atoms with Gasteiger partial charge in [-0.1, -0.05) is 13.3 Å². The molecule has 0 atom stereocenters. The molecule has 0 aliphatic heterocycles. The van der Waals surface area contributed by atoms with E-state index in [1.54, 1.807) is 7.05 Å². The minimum atomic E-state index is -4.13. The van der Waals surface area contributed by atoms with Crippen LogP contribution in [0.15, 0.2) is 4.99 Å². The van der Waals surface area contributed by atoms with Crippen LogP contribution in [0.5, 0.6) is 0 Å². The molecular weight excluding hydrogens is 396 g/mol. The third-order valence-electron chi connectivity index (χ3n) is 2.87. The Balaban J connectivity index is 0. The summed E-state index contributed by atoms with van der Waals surface area (Å²) in [5, 5.41) is 3.16. The highest BCUT2D eigenvalue weighted by atomic mass is 127. The quantitative estimate of drug-likeness (QED) is 0.282. The molecule has 0 saturated heterocycles. The van der Waals surface area contributed by atoms with E-state index in [9.17, 15) is 13.2 Å². The fourth-order valence-corrected chi connectivity index (χ4v) is 1.82. The minimum Gasteiger partial charge on any atom is -0.356 e. The van der Waals surface area contributed by atoms with Crippen LogP contribution in [0, 0.1) is 0 Å². The zero-order chi connectivity index (χ0) is 15.6. The smallest absolute Gasteiger partial charge is 0.356 e. The Hall–Kier alpha value is -0.250. The maximum absolute atomic E-state index is 12.1. The number of guanidine groups is 1. The summed E-state index contributed by atoms with van der Waals surface area (Å²) < 4.78 is 36.4. The molecule has 0 saturated carbocycles. The first-order valence-electron chi connectivity index (χ1n) is 6.97. The van der Waals surface area contributed by atoms with Gasteiger partial charge in [0, 0.05) is 27.2 Å². The van der Waals surface area contributed by atoms with E-state index in [4.69, 9.17) is 0 Å². The van der Waals surface area contributed by atoms with Gasteiger partial charge in [-0.15, -0.1) is 24.0 Å². The molecule has 0 aromatic heterocycles. The van der Waals surface area contributed by atoms with Crippen molar-refractivity contribution >= 4 is 29.9 Å². The number of hydrogen-bond acceptors (Lipinski definition) is 2. The molecule has 0 rings (SSSR count). The van der Waals surface area contributed by atoms with Crippen LogP contribution in [0.4, 0.5) is 13.2 Å². The molecule has 0 radical (unpaired) electrons. The number of halogens is 4. The average Bonchev–Trinajstić information content (AvgIpc) is 2.34. The van der Waals surface area contributed by atoms with E-state index in [0.29, 0.717) is 19.5 Å². The molecule has 0 fully saturated rings. The zero-order valence-corrected chi connectivity index (χ0v) is 15.7. The van der Waals surface area contributed by atoms with Crippen molar-refractivity contribution in [1.29, 1.82) is 0 Å². The van der Waals surface area contributed by atoms with Crippen LogP contribution in [0.1, 0.15) is 26.2 Å². The molecule has 0 spiro atoms. The fraction of sp³-hybridized carbons (Fsp3) is 0.923. The number of rotatable bonds is 8. The van der Waals surface area contributed by atoms with E-state index in [1.807, 2.05) is 11.9 Å². The summed E-state index contributed by atoms with van der Waals surface area (Å²) in [5.41, 5.74) is 0. The monoisotopic (exact) mass is 424 g/mol. The Kier molecular flexibility index (Phi) is 13.5. The molecule has 0 aliphatic carbocycles. The van der Waals surface area contributed by atoms with Crippen LogP contribution in [0.3, 0.4) is 0 Å². The number of aliphatic imine (C=N–C) groups is 1. The van der Waals surface area contributed by atoms with E-state index in [1.165, 1.54) is 11.9 Å². The summed E-state index contributed by atoms with van der Waals surface area (Å²) in [4.78, 5) is 7.47. The van der Waals surface area contributed by atoms with Crippen molar-refractivity contribution in [2.75, 3.05) is 47.3 Å². The summed E-state index contributed by atoms with van der Waals surface area (Å²) in [6, 6.07) is 0. The lowest BCUT2D eigenvalue weighted by Crippen LogP contribution is -2.40. The molecule has 0 aliphatic rings. The average molecular weight is 424 g/mol. The summed E-state index contributed by atoms with van der Waals surface area (Å²) in [5.74, 6) is 0.789. The van der Waals surface area contributed by atoms with Gasteiger partial charge in [-0.25, -0.2) is 0 Å². The second-order valence-corrected chi connectivity index (χ2v) is 4.96. The van der Waals surface area contributed by atoms with Gasteiger partial charge in [-0.05, 0) is 26.4 Å². The first kappa shape index (κ1) is 23.0. The normalized spacial score (nSPS) is 12.3. The highest BCUT2D eigenvalue weighted by Crippen LogP contribution is 2.15. The highest BCUT2D eigenvalue weighted by Gasteiger charge is 2.28. The maximum Gasteiger partial charge on any atom is 0.401 e. The van der Waals surface area contributed by atoms with Gasteiger partial charge in [-0.2, -0.15) is 13.2 Å². The third-order valence-corrected chi connectivity index (χ3v) is 2.87. The molecule has 8 heteroatoms. The summed E-state index contributed by atoms with van der Waals surface area (Å²) in [6.07, 6.45) is -1.28. The second-order valence-electron chi connectivity index (χ2n) is 4.96. The molecular formula is C13H28F3IN4. The summed E-state index contributed by atoms with van der Waals surface area (Å²) in [7, 11) is 5.15. The molecule has 0 aromatic rings. The number of nitrogens with one attached hydrogen (secondary N) is 1. The number of nitrogens with zero attached hydrogens (tertiary/aromatic N) is 3. The fourth-order valence-electron chi connectivity index (χ4n) is 1.82. The Labute approximate surface area is 143 Å². The Morgan fingerprint density at radius 3 is 2.24 bits per heavy atom. The molecule has 21 heavy (non-hydrogen) atoms. The van der Waals surface area contributed by atoms with Crippen LogP contribution >= 0.6 is 24.0 Å². The Morgan fingerprint density at radius 2 is 1.76 bits per heavy atom. The first-order valence-corrected chi connectivity index (χ1v) is 6.97. The van der Waals surface area contributed by atoms with Gasteiger partial charge in [0.25, 0.3) is 0 Å². The molecule has 0 aromatic carbocycles. The van der Waals surface area contributed by atoms with Crippen molar-refractivity contribution in [3.8, 4) is 0 Å². The standard InChI is InChI=1S/C13H27F3N4.HI/c1-5-6-10-20(4)12(17-2)18-8-7-9-19(3)11-13(14,15)16;/h5-11H2,1-4H3,(H,17,18);1H. The SMILES string of the molecule is CCCCN(C)C(=NC)NCCCN(C)CC(F)(F)F.I. The van der Waals surface area contributed by atoms with Crippen LogP contribution in [-0.4, -0.2) is 69.3 Å². The van der Waals surface area contributed by atoms with Gasteiger partial charge in [0.2, 0.25) is 0 Å². The predicted octanol–water partition coefficient (Wildman–Crippen LogP) is 2.80. The van der Waals surface area contributed by atoms with Gasteiger partial charge in [0.05, 0.1) is 6.54 Å². The second kappa shape index (κ2) is 12.3. The summed E-state index contributed by atoms with van der Waals surface area (Å²) >= 11 is 0. The van der Waals surface area contributed by atoms with E-state index < -0.39 is 12.7 Å². The van der Waals surface area contributed by atoms with Crippen molar-refractivity contribution < 1.29 is 13.2 Å². The predicted molar refractivity (Wildman–Crippen MR) is 92.5 cm³/mol. The van der Waals surface area contributed by atoms with Gasteiger partial charge >= 0.3 is 6.18 Å². The topological polar surface area (TPSA) is 30.9 Å². The van der Waals surface area contributed by atoms with Crippen molar-refractivity contribution in [2.45, 2.75) is 32.4 Å². The molecule has 0 heterocycles. The minimum absolute atomic E-state index is 0. The summed E-state index contributed by atoms with van der Waals surface area (Å²) in [6.45, 7) is 3.20. The maximum atomic E-state index is 12.1. The molecule has 0 unspecified atom stereocenters. The molecule has 128 valence electrons.